The fraction of sp³-hybridized carbons (Fsp3) is 0.500. The predicted octanol–water partition coefficient (Wildman–Crippen LogP) is 2.08. The lowest BCUT2D eigenvalue weighted by Crippen LogP contribution is -2.27. The summed E-state index contributed by atoms with van der Waals surface area (Å²) in [4.78, 5) is 11.5. The number of amides is 1. The van der Waals surface area contributed by atoms with Crippen LogP contribution in [0.25, 0.3) is 0 Å². The molecule has 0 radical (unpaired) electrons. The summed E-state index contributed by atoms with van der Waals surface area (Å²) >= 11 is 0. The van der Waals surface area contributed by atoms with Crippen LogP contribution in [-0.4, -0.2) is 31.0 Å². The standard InChI is InChI=1S/C14H21NO4/c1-11(4-3-9-16)19-14(17)15-10-12-5-7-13(18-2)8-6-12/h5-8,11,16H,3-4,9-10H2,1-2H3,(H,15,17). The Bertz CT molecular complexity index is 378. The zero-order valence-corrected chi connectivity index (χ0v) is 11.4. The van der Waals surface area contributed by atoms with Crippen molar-refractivity contribution >= 4 is 6.09 Å². The van der Waals surface area contributed by atoms with Crippen LogP contribution in [-0.2, 0) is 11.3 Å². The highest BCUT2D eigenvalue weighted by Gasteiger charge is 2.08. The van der Waals surface area contributed by atoms with Crippen molar-refractivity contribution in [2.24, 2.45) is 0 Å². The molecule has 0 aliphatic heterocycles. The van der Waals surface area contributed by atoms with Crippen molar-refractivity contribution in [1.82, 2.24) is 5.32 Å². The molecule has 0 fully saturated rings. The van der Waals surface area contributed by atoms with E-state index in [9.17, 15) is 4.79 Å². The smallest absolute Gasteiger partial charge is 0.407 e. The molecule has 2 N–H and O–H groups in total. The number of carbonyl (C=O) groups is 1. The van der Waals surface area contributed by atoms with Gasteiger partial charge in [0.15, 0.2) is 0 Å². The molecule has 5 nitrogen and oxygen atoms in total. The molecule has 0 saturated heterocycles. The molecular formula is C14H21NO4. The van der Waals surface area contributed by atoms with Gasteiger partial charge < -0.3 is 19.9 Å². The van der Waals surface area contributed by atoms with Gasteiger partial charge in [0.05, 0.1) is 7.11 Å². The summed E-state index contributed by atoms with van der Waals surface area (Å²) < 4.78 is 10.2. The summed E-state index contributed by atoms with van der Waals surface area (Å²) in [5.74, 6) is 0.781. The Morgan fingerprint density at radius 1 is 1.37 bits per heavy atom. The molecule has 5 heteroatoms. The van der Waals surface area contributed by atoms with Gasteiger partial charge in [0.1, 0.15) is 11.9 Å². The van der Waals surface area contributed by atoms with E-state index in [0.717, 1.165) is 11.3 Å². The Morgan fingerprint density at radius 3 is 2.63 bits per heavy atom. The van der Waals surface area contributed by atoms with Crippen LogP contribution in [0.5, 0.6) is 5.75 Å². The maximum atomic E-state index is 11.5. The minimum Gasteiger partial charge on any atom is -0.497 e. The van der Waals surface area contributed by atoms with E-state index in [4.69, 9.17) is 14.6 Å². The molecule has 1 amide bonds. The Kier molecular flexibility index (Phi) is 6.74. The Balaban J connectivity index is 2.28. The number of ether oxygens (including phenoxy) is 2. The molecule has 1 atom stereocenters. The number of methoxy groups -OCH3 is 1. The molecule has 0 saturated carbocycles. The van der Waals surface area contributed by atoms with E-state index >= 15 is 0 Å². The Hall–Kier alpha value is -1.75. The largest absolute Gasteiger partial charge is 0.497 e. The SMILES string of the molecule is COc1ccc(CNC(=O)OC(C)CCCO)cc1. The third kappa shape index (κ3) is 6.10. The highest BCUT2D eigenvalue weighted by molar-refractivity contribution is 5.67. The molecule has 0 aliphatic rings. The first kappa shape index (κ1) is 15.3. The van der Waals surface area contributed by atoms with E-state index < -0.39 is 6.09 Å². The van der Waals surface area contributed by atoms with Crippen LogP contribution >= 0.6 is 0 Å². The second-order valence-corrected chi connectivity index (χ2v) is 4.28. The Labute approximate surface area is 113 Å². The third-order valence-electron chi connectivity index (χ3n) is 2.67. The van der Waals surface area contributed by atoms with E-state index in [2.05, 4.69) is 5.32 Å². The maximum Gasteiger partial charge on any atom is 0.407 e. The lowest BCUT2D eigenvalue weighted by atomic mass is 10.2. The normalized spacial score (nSPS) is 11.7. The van der Waals surface area contributed by atoms with Crippen molar-refractivity contribution < 1.29 is 19.4 Å². The highest BCUT2D eigenvalue weighted by Crippen LogP contribution is 2.11. The number of rotatable bonds is 7. The van der Waals surface area contributed by atoms with Crippen LogP contribution in [0.4, 0.5) is 4.79 Å². The van der Waals surface area contributed by atoms with Crippen LogP contribution in [0.15, 0.2) is 24.3 Å². The first-order valence-corrected chi connectivity index (χ1v) is 6.34. The quantitative estimate of drug-likeness (QED) is 0.793. The van der Waals surface area contributed by atoms with Gasteiger partial charge in [-0.2, -0.15) is 0 Å². The van der Waals surface area contributed by atoms with Crippen LogP contribution in [0, 0.1) is 0 Å². The molecule has 1 unspecified atom stereocenters. The number of aliphatic hydroxyl groups excluding tert-OH is 1. The van der Waals surface area contributed by atoms with Crippen molar-refractivity contribution in [2.45, 2.75) is 32.4 Å². The van der Waals surface area contributed by atoms with Gasteiger partial charge in [-0.3, -0.25) is 0 Å². The van der Waals surface area contributed by atoms with Crippen molar-refractivity contribution in [3.05, 3.63) is 29.8 Å². The number of hydrogen-bond donors (Lipinski definition) is 2. The van der Waals surface area contributed by atoms with Gasteiger partial charge in [0.2, 0.25) is 0 Å². The average Bonchev–Trinajstić information content (AvgIpc) is 2.43. The first-order chi connectivity index (χ1) is 9.15. The highest BCUT2D eigenvalue weighted by atomic mass is 16.6. The van der Waals surface area contributed by atoms with Gasteiger partial charge in [0, 0.05) is 13.2 Å². The number of carbonyl (C=O) groups excluding carboxylic acids is 1. The molecule has 1 rings (SSSR count). The fourth-order valence-electron chi connectivity index (χ4n) is 1.58. The molecule has 106 valence electrons. The topological polar surface area (TPSA) is 67.8 Å². The minimum atomic E-state index is -0.443. The predicted molar refractivity (Wildman–Crippen MR) is 72.1 cm³/mol. The van der Waals surface area contributed by atoms with E-state index in [-0.39, 0.29) is 12.7 Å². The molecule has 0 bridgehead atoms. The van der Waals surface area contributed by atoms with Crippen LogP contribution < -0.4 is 10.1 Å². The average molecular weight is 267 g/mol. The summed E-state index contributed by atoms with van der Waals surface area (Å²) in [5.41, 5.74) is 0.973. The molecular weight excluding hydrogens is 246 g/mol. The lowest BCUT2D eigenvalue weighted by Gasteiger charge is -2.13. The molecule has 0 spiro atoms. The zero-order valence-electron chi connectivity index (χ0n) is 11.4. The van der Waals surface area contributed by atoms with Gasteiger partial charge in [-0.05, 0) is 37.5 Å². The van der Waals surface area contributed by atoms with Crippen molar-refractivity contribution in [1.29, 1.82) is 0 Å². The number of nitrogens with one attached hydrogen (secondary N) is 1. The second-order valence-electron chi connectivity index (χ2n) is 4.28. The molecule has 19 heavy (non-hydrogen) atoms. The van der Waals surface area contributed by atoms with Gasteiger partial charge in [-0.25, -0.2) is 4.79 Å². The summed E-state index contributed by atoms with van der Waals surface area (Å²) in [6.45, 7) is 2.33. The Morgan fingerprint density at radius 2 is 2.05 bits per heavy atom. The maximum absolute atomic E-state index is 11.5. The zero-order chi connectivity index (χ0) is 14.1. The number of aliphatic hydroxyl groups is 1. The van der Waals surface area contributed by atoms with Crippen molar-refractivity contribution in [3.63, 3.8) is 0 Å². The molecule has 0 heterocycles. The lowest BCUT2D eigenvalue weighted by molar-refractivity contribution is 0.0968. The van der Waals surface area contributed by atoms with E-state index in [0.29, 0.717) is 19.4 Å². The van der Waals surface area contributed by atoms with Crippen LogP contribution in [0.1, 0.15) is 25.3 Å². The van der Waals surface area contributed by atoms with E-state index in [1.54, 1.807) is 7.11 Å². The molecule has 1 aromatic carbocycles. The van der Waals surface area contributed by atoms with E-state index in [1.165, 1.54) is 0 Å². The van der Waals surface area contributed by atoms with E-state index in [1.807, 2.05) is 31.2 Å². The van der Waals surface area contributed by atoms with Gasteiger partial charge in [0.25, 0.3) is 0 Å². The van der Waals surface area contributed by atoms with Crippen molar-refractivity contribution in [3.8, 4) is 5.75 Å². The summed E-state index contributed by atoms with van der Waals surface area (Å²) in [6, 6.07) is 7.45. The fourth-order valence-corrected chi connectivity index (χ4v) is 1.58. The number of benzene rings is 1. The molecule has 0 aliphatic carbocycles. The summed E-state index contributed by atoms with van der Waals surface area (Å²) in [6.07, 6.45) is 0.656. The van der Waals surface area contributed by atoms with Crippen LogP contribution in [0.2, 0.25) is 0 Å². The first-order valence-electron chi connectivity index (χ1n) is 6.34. The minimum absolute atomic E-state index is 0.112. The van der Waals surface area contributed by atoms with Gasteiger partial charge in [-0.15, -0.1) is 0 Å². The molecule has 0 aromatic heterocycles. The van der Waals surface area contributed by atoms with Crippen molar-refractivity contribution in [2.75, 3.05) is 13.7 Å². The third-order valence-corrected chi connectivity index (χ3v) is 2.67. The van der Waals surface area contributed by atoms with Gasteiger partial charge in [-0.1, -0.05) is 12.1 Å². The second kappa shape index (κ2) is 8.37. The monoisotopic (exact) mass is 267 g/mol. The van der Waals surface area contributed by atoms with Crippen LogP contribution in [0.3, 0.4) is 0 Å². The summed E-state index contributed by atoms with van der Waals surface area (Å²) in [7, 11) is 1.61. The summed E-state index contributed by atoms with van der Waals surface area (Å²) in [5, 5.41) is 11.4. The number of hydrogen-bond acceptors (Lipinski definition) is 4. The van der Waals surface area contributed by atoms with Gasteiger partial charge >= 0.3 is 6.09 Å². The molecule has 1 aromatic rings. The number of alkyl carbamates (subject to hydrolysis) is 1.